The van der Waals surface area contributed by atoms with E-state index in [0.717, 1.165) is 22.7 Å². The molecule has 0 heterocycles. The Balaban J connectivity index is 0.00000256. The minimum atomic E-state index is -0.0445. The van der Waals surface area contributed by atoms with E-state index in [1.54, 1.807) is 4.90 Å². The van der Waals surface area contributed by atoms with Gasteiger partial charge in [0, 0.05) is 44.1 Å². The summed E-state index contributed by atoms with van der Waals surface area (Å²) in [6.45, 7) is 0.158. The molecule has 0 aliphatic carbocycles. The van der Waals surface area contributed by atoms with Crippen LogP contribution in [0, 0.1) is 12.1 Å². The SMILES string of the molecule is O=C(CN(c1[c-]cccc1)c1[c-]cccc1)N(c1ccccc1)c1ccccc1.[Y]. The Kier molecular flexibility index (Phi) is 7.95. The maximum absolute atomic E-state index is 13.6. The maximum Gasteiger partial charge on any atom is 0.251 e. The van der Waals surface area contributed by atoms with Crippen LogP contribution in [-0.2, 0) is 37.5 Å². The molecule has 0 unspecified atom stereocenters. The number of para-hydroxylation sites is 4. The Morgan fingerprint density at radius 2 is 1.07 bits per heavy atom. The quantitative estimate of drug-likeness (QED) is 0.337. The number of amides is 1. The Labute approximate surface area is 202 Å². The van der Waals surface area contributed by atoms with Crippen LogP contribution in [0.4, 0.5) is 22.7 Å². The third kappa shape index (κ3) is 5.24. The second-order valence-electron chi connectivity index (χ2n) is 6.48. The minimum Gasteiger partial charge on any atom is -0.379 e. The molecule has 0 aliphatic rings. The molecule has 1 radical (unpaired) electrons. The van der Waals surface area contributed by atoms with Crippen LogP contribution in [0.2, 0.25) is 0 Å². The van der Waals surface area contributed by atoms with Crippen LogP contribution >= 0.6 is 0 Å². The van der Waals surface area contributed by atoms with Gasteiger partial charge in [0.2, 0.25) is 0 Å². The largest absolute Gasteiger partial charge is 0.379 e. The Morgan fingerprint density at radius 1 is 0.633 bits per heavy atom. The van der Waals surface area contributed by atoms with Gasteiger partial charge in [-0.25, -0.2) is 0 Å². The molecule has 0 aromatic heterocycles. The molecular formula is C26H20N2OY-2. The number of anilines is 4. The van der Waals surface area contributed by atoms with Gasteiger partial charge in [0.15, 0.2) is 0 Å². The normalized spacial score (nSPS) is 10.0. The van der Waals surface area contributed by atoms with Crippen molar-refractivity contribution in [3.05, 3.63) is 121 Å². The molecule has 4 heteroatoms. The van der Waals surface area contributed by atoms with E-state index < -0.39 is 0 Å². The second-order valence-corrected chi connectivity index (χ2v) is 6.48. The summed E-state index contributed by atoms with van der Waals surface area (Å²) in [5, 5.41) is 0. The molecule has 0 saturated heterocycles. The first-order chi connectivity index (χ1) is 14.3. The average Bonchev–Trinajstić information content (AvgIpc) is 2.80. The van der Waals surface area contributed by atoms with Crippen molar-refractivity contribution in [1.82, 2.24) is 0 Å². The number of carbonyl (C=O) groups excluding carboxylic acids is 1. The number of benzene rings is 4. The molecule has 4 rings (SSSR count). The Bertz CT molecular complexity index is 962. The zero-order valence-electron chi connectivity index (χ0n) is 16.5. The van der Waals surface area contributed by atoms with Gasteiger partial charge in [0.25, 0.3) is 5.91 Å². The first-order valence-corrected chi connectivity index (χ1v) is 9.47. The van der Waals surface area contributed by atoms with Crippen LogP contribution in [0.15, 0.2) is 109 Å². The fraction of sp³-hybridized carbons (Fsp3) is 0.0385. The van der Waals surface area contributed by atoms with Crippen molar-refractivity contribution in [3.63, 3.8) is 0 Å². The Morgan fingerprint density at radius 3 is 1.47 bits per heavy atom. The average molecular weight is 465 g/mol. The minimum absolute atomic E-state index is 0. The van der Waals surface area contributed by atoms with Crippen molar-refractivity contribution in [2.75, 3.05) is 16.3 Å². The predicted molar refractivity (Wildman–Crippen MR) is 118 cm³/mol. The molecule has 3 nitrogen and oxygen atoms in total. The van der Waals surface area contributed by atoms with Crippen molar-refractivity contribution < 1.29 is 37.5 Å². The van der Waals surface area contributed by atoms with Crippen LogP contribution in [0.25, 0.3) is 0 Å². The topological polar surface area (TPSA) is 23.6 Å². The van der Waals surface area contributed by atoms with Gasteiger partial charge in [-0.15, -0.1) is 12.1 Å². The maximum atomic E-state index is 13.6. The van der Waals surface area contributed by atoms with E-state index in [-0.39, 0.29) is 45.2 Å². The summed E-state index contributed by atoms with van der Waals surface area (Å²) in [5.41, 5.74) is 3.31. The molecule has 30 heavy (non-hydrogen) atoms. The molecule has 0 saturated carbocycles. The van der Waals surface area contributed by atoms with Gasteiger partial charge in [0.05, 0.1) is 6.54 Å². The Hall–Kier alpha value is -2.75. The fourth-order valence-electron chi connectivity index (χ4n) is 3.20. The standard InChI is InChI=1S/C26H20N2O.Y/c29-26(28(24-17-9-3-10-18-24)25-19-11-4-12-20-25)21-27(22-13-5-1-6-14-22)23-15-7-2-8-16-23;/h1-13,15,17-20H,21H2;/q-2;. The molecular weight excluding hydrogens is 445 g/mol. The van der Waals surface area contributed by atoms with Crippen molar-refractivity contribution in [3.8, 4) is 0 Å². The predicted octanol–water partition coefficient (Wildman–Crippen LogP) is 5.79. The van der Waals surface area contributed by atoms with E-state index in [1.807, 2.05) is 114 Å². The number of hydrogen-bond acceptors (Lipinski definition) is 2. The zero-order chi connectivity index (χ0) is 19.9. The third-order valence-corrected chi connectivity index (χ3v) is 4.54. The van der Waals surface area contributed by atoms with Gasteiger partial charge in [0.1, 0.15) is 0 Å². The molecule has 0 fully saturated rings. The van der Waals surface area contributed by atoms with E-state index >= 15 is 0 Å². The van der Waals surface area contributed by atoms with E-state index in [9.17, 15) is 4.79 Å². The fourth-order valence-corrected chi connectivity index (χ4v) is 3.20. The smallest absolute Gasteiger partial charge is 0.251 e. The summed E-state index contributed by atoms with van der Waals surface area (Å²) >= 11 is 0. The summed E-state index contributed by atoms with van der Waals surface area (Å²) in [4.78, 5) is 17.2. The van der Waals surface area contributed by atoms with Crippen molar-refractivity contribution in [1.29, 1.82) is 0 Å². The first kappa shape index (κ1) is 22.0. The number of hydrogen-bond donors (Lipinski definition) is 0. The monoisotopic (exact) mass is 465 g/mol. The van der Waals surface area contributed by atoms with Crippen LogP contribution in [0.1, 0.15) is 0 Å². The van der Waals surface area contributed by atoms with Crippen molar-refractivity contribution >= 4 is 28.7 Å². The van der Waals surface area contributed by atoms with E-state index in [4.69, 9.17) is 0 Å². The molecule has 145 valence electrons. The van der Waals surface area contributed by atoms with Crippen LogP contribution in [-0.4, -0.2) is 12.5 Å². The van der Waals surface area contributed by atoms with Gasteiger partial charge in [-0.2, -0.15) is 48.5 Å². The molecule has 0 N–H and O–H groups in total. The van der Waals surface area contributed by atoms with E-state index in [1.165, 1.54) is 0 Å². The van der Waals surface area contributed by atoms with Crippen molar-refractivity contribution in [2.45, 2.75) is 0 Å². The number of nitrogens with zero attached hydrogens (tertiary/aromatic N) is 2. The van der Waals surface area contributed by atoms with Gasteiger partial charge in [-0.05, 0) is 24.3 Å². The molecule has 0 atom stereocenters. The summed E-state index contributed by atoms with van der Waals surface area (Å²) in [6, 6.07) is 41.2. The second kappa shape index (κ2) is 10.9. The summed E-state index contributed by atoms with van der Waals surface area (Å²) in [7, 11) is 0. The first-order valence-electron chi connectivity index (χ1n) is 9.47. The van der Waals surface area contributed by atoms with Crippen LogP contribution < -0.4 is 9.80 Å². The molecule has 0 spiro atoms. The van der Waals surface area contributed by atoms with Gasteiger partial charge >= 0.3 is 0 Å². The van der Waals surface area contributed by atoms with Crippen LogP contribution in [0.5, 0.6) is 0 Å². The van der Waals surface area contributed by atoms with Gasteiger partial charge in [-0.1, -0.05) is 47.8 Å². The number of rotatable bonds is 6. The molecule has 4 aromatic carbocycles. The number of carbonyl (C=O) groups is 1. The molecule has 0 bridgehead atoms. The summed E-state index contributed by atoms with van der Waals surface area (Å²) in [6.07, 6.45) is 0. The summed E-state index contributed by atoms with van der Waals surface area (Å²) < 4.78 is 0. The molecule has 0 aliphatic heterocycles. The van der Waals surface area contributed by atoms with Gasteiger partial charge < -0.3 is 4.90 Å². The van der Waals surface area contributed by atoms with E-state index in [0.29, 0.717) is 0 Å². The summed E-state index contributed by atoms with van der Waals surface area (Å²) in [5.74, 6) is -0.0445. The molecule has 1 amide bonds. The van der Waals surface area contributed by atoms with Crippen molar-refractivity contribution in [2.24, 2.45) is 0 Å². The zero-order valence-corrected chi connectivity index (χ0v) is 19.3. The van der Waals surface area contributed by atoms with Gasteiger partial charge in [-0.3, -0.25) is 9.69 Å². The van der Waals surface area contributed by atoms with E-state index in [2.05, 4.69) is 12.1 Å². The third-order valence-electron chi connectivity index (χ3n) is 4.54. The van der Waals surface area contributed by atoms with Crippen LogP contribution in [0.3, 0.4) is 0 Å². The molecule has 4 aromatic rings.